The van der Waals surface area contributed by atoms with Crippen LogP contribution in [0.1, 0.15) is 19.5 Å². The number of hydrogen-bond acceptors (Lipinski definition) is 7. The number of nitrogens with one attached hydrogen (secondary N) is 3. The Kier molecular flexibility index (Phi) is 5.91. The molecule has 0 saturated heterocycles. The Bertz CT molecular complexity index is 984. The summed E-state index contributed by atoms with van der Waals surface area (Å²) in [6.07, 6.45) is 3.37. The summed E-state index contributed by atoms with van der Waals surface area (Å²) in [5.74, 6) is -0.212. The van der Waals surface area contributed by atoms with Crippen molar-refractivity contribution in [2.75, 3.05) is 17.2 Å². The molecule has 9 heteroatoms. The number of amides is 1. The van der Waals surface area contributed by atoms with Crippen LogP contribution in [0.2, 0.25) is 0 Å². The van der Waals surface area contributed by atoms with Crippen molar-refractivity contribution in [1.82, 2.24) is 15.3 Å². The second kappa shape index (κ2) is 8.73. The predicted molar refractivity (Wildman–Crippen MR) is 108 cm³/mol. The van der Waals surface area contributed by atoms with Crippen LogP contribution >= 0.6 is 11.3 Å². The van der Waals surface area contributed by atoms with Gasteiger partial charge < -0.3 is 16.0 Å². The summed E-state index contributed by atoms with van der Waals surface area (Å²) in [5, 5.41) is 17.7. The zero-order valence-electron chi connectivity index (χ0n) is 14.1. The average molecular weight is 388 g/mol. The van der Waals surface area contributed by atoms with Gasteiger partial charge in [-0.15, -0.1) is 0 Å². The average Bonchev–Trinajstić information content (AvgIpc) is 3.13. The van der Waals surface area contributed by atoms with Gasteiger partial charge in [-0.3, -0.25) is 4.79 Å². The van der Waals surface area contributed by atoms with Crippen LogP contribution in [0.4, 0.5) is 21.0 Å². The Balaban J connectivity index is 0.00000280. The van der Waals surface area contributed by atoms with Crippen molar-refractivity contribution in [2.45, 2.75) is 6.54 Å². The van der Waals surface area contributed by atoms with E-state index in [4.69, 9.17) is 5.26 Å². The molecular weight excluding hydrogens is 367 g/mol. The molecule has 3 rings (SSSR count). The number of thiazole rings is 1. The van der Waals surface area contributed by atoms with Gasteiger partial charge >= 0.3 is 0 Å². The second-order valence-electron chi connectivity index (χ2n) is 5.36. The molecule has 27 heavy (non-hydrogen) atoms. The number of carbonyl (C=O) groups excluding carboxylic acids is 1. The molecule has 3 aromatic rings. The van der Waals surface area contributed by atoms with E-state index in [1.165, 1.54) is 29.5 Å². The lowest BCUT2D eigenvalue weighted by Crippen LogP contribution is -2.23. The van der Waals surface area contributed by atoms with Gasteiger partial charge in [0.1, 0.15) is 18.2 Å². The number of anilines is 3. The van der Waals surface area contributed by atoms with E-state index in [-0.39, 0.29) is 22.1 Å². The van der Waals surface area contributed by atoms with Crippen LogP contribution in [-0.2, 0) is 6.54 Å². The molecule has 142 valence electrons. The largest absolute Gasteiger partial charge is 0.378 e. The van der Waals surface area contributed by atoms with Gasteiger partial charge in [0.15, 0.2) is 5.13 Å². The number of halogens is 1. The molecular formula is C18H21FN6OS. The number of hydrogen-bond donors (Lipinski definition) is 3. The Morgan fingerprint density at radius 3 is 2.96 bits per heavy atom. The normalized spacial score (nSPS) is 10.1. The molecule has 2 heterocycles. The monoisotopic (exact) mass is 388 g/mol. The fourth-order valence-electron chi connectivity index (χ4n) is 2.20. The lowest BCUT2D eigenvalue weighted by Gasteiger charge is -2.08. The van der Waals surface area contributed by atoms with E-state index in [1.807, 2.05) is 24.3 Å². The molecule has 0 aliphatic rings. The van der Waals surface area contributed by atoms with Crippen LogP contribution in [0.25, 0.3) is 0 Å². The maximum Gasteiger partial charge on any atom is 0.252 e. The highest BCUT2D eigenvalue weighted by atomic mass is 32.1. The van der Waals surface area contributed by atoms with Gasteiger partial charge in [0.2, 0.25) is 0 Å². The molecule has 7 nitrogen and oxygen atoms in total. The minimum absolute atomic E-state index is 0. The van der Waals surface area contributed by atoms with Crippen LogP contribution in [0, 0.1) is 17.1 Å². The van der Waals surface area contributed by atoms with Crippen molar-refractivity contribution >= 4 is 33.9 Å². The first-order valence-corrected chi connectivity index (χ1v) is 8.78. The van der Waals surface area contributed by atoms with Crippen molar-refractivity contribution in [1.29, 1.82) is 5.26 Å². The summed E-state index contributed by atoms with van der Waals surface area (Å²) >= 11 is 1.41. The molecule has 2 aromatic heterocycles. The van der Waals surface area contributed by atoms with Crippen LogP contribution in [0.3, 0.4) is 0 Å². The van der Waals surface area contributed by atoms with Crippen LogP contribution in [0.15, 0.2) is 48.8 Å². The number of pyridine rings is 1. The second-order valence-corrected chi connectivity index (χ2v) is 6.48. The van der Waals surface area contributed by atoms with Gasteiger partial charge in [-0.2, -0.15) is 5.26 Å². The lowest BCUT2D eigenvalue weighted by molar-refractivity contribution is 0.0958. The summed E-state index contributed by atoms with van der Waals surface area (Å²) in [6.45, 7) is 0.244. The topological polar surface area (TPSA) is 103 Å². The number of rotatable bonds is 7. The molecule has 0 saturated carbocycles. The van der Waals surface area contributed by atoms with Gasteiger partial charge in [0.25, 0.3) is 5.91 Å². The highest BCUT2D eigenvalue weighted by molar-refractivity contribution is 7.15. The van der Waals surface area contributed by atoms with Crippen molar-refractivity contribution in [3.63, 3.8) is 0 Å². The number of nitriles is 1. The van der Waals surface area contributed by atoms with Gasteiger partial charge in [-0.05, 0) is 30.3 Å². The summed E-state index contributed by atoms with van der Waals surface area (Å²) in [7, 11) is 0. The Morgan fingerprint density at radius 1 is 1.30 bits per heavy atom. The van der Waals surface area contributed by atoms with Crippen LogP contribution in [-0.4, -0.2) is 22.4 Å². The number of nitrogens with zero attached hydrogens (tertiary/aromatic N) is 3. The quantitative estimate of drug-likeness (QED) is 0.528. The Labute approximate surface area is 163 Å². The fourth-order valence-corrected chi connectivity index (χ4v) is 2.96. The summed E-state index contributed by atoms with van der Waals surface area (Å²) in [6, 6.07) is 11.3. The molecule has 0 aliphatic heterocycles. The number of benzene rings is 1. The maximum atomic E-state index is 14.0. The third-order valence-corrected chi connectivity index (χ3v) is 4.38. The molecule has 0 atom stereocenters. The summed E-state index contributed by atoms with van der Waals surface area (Å²) in [5.41, 5.74) is 0.475. The molecule has 0 spiro atoms. The molecule has 0 unspecified atom stereocenters. The van der Waals surface area contributed by atoms with E-state index in [0.29, 0.717) is 17.5 Å². The first kappa shape index (κ1) is 18.3. The standard InChI is InChI=1S/C18H15FN6OS.3H2/c19-14-5-4-12(17(26)22-8-6-20)9-15(14)23-10-13-11-24-18(27-13)25-16-3-1-2-7-21-16;;;/h1-5,7,9,11,23H,8,10H2,(H,22,26)(H,21,24,25);3*1H. The van der Waals surface area contributed by atoms with Gasteiger partial charge in [0, 0.05) is 27.1 Å². The zero-order valence-corrected chi connectivity index (χ0v) is 14.9. The molecule has 3 N–H and O–H groups in total. The first-order chi connectivity index (χ1) is 13.2. The summed E-state index contributed by atoms with van der Waals surface area (Å²) < 4.78 is 14.0. The number of carbonyl (C=O) groups is 1. The van der Waals surface area contributed by atoms with Crippen molar-refractivity contribution < 1.29 is 13.5 Å². The van der Waals surface area contributed by atoms with Crippen molar-refractivity contribution in [3.05, 3.63) is 65.0 Å². The minimum atomic E-state index is -0.469. The first-order valence-electron chi connectivity index (χ1n) is 7.97. The molecule has 0 radical (unpaired) electrons. The smallest absolute Gasteiger partial charge is 0.252 e. The van der Waals surface area contributed by atoms with Gasteiger partial charge in [0.05, 0.1) is 18.3 Å². The Hall–Kier alpha value is -3.51. The Morgan fingerprint density at radius 2 is 2.19 bits per heavy atom. The maximum absolute atomic E-state index is 14.0. The molecule has 1 aromatic carbocycles. The van der Waals surface area contributed by atoms with Crippen LogP contribution in [0.5, 0.6) is 0 Å². The van der Waals surface area contributed by atoms with Gasteiger partial charge in [-0.25, -0.2) is 14.4 Å². The zero-order chi connectivity index (χ0) is 19.1. The van der Waals surface area contributed by atoms with Crippen LogP contribution < -0.4 is 16.0 Å². The fraction of sp³-hybridized carbons (Fsp3) is 0.111. The van der Waals surface area contributed by atoms with Crippen molar-refractivity contribution in [3.8, 4) is 6.07 Å². The lowest BCUT2D eigenvalue weighted by atomic mass is 10.1. The predicted octanol–water partition coefficient (Wildman–Crippen LogP) is 4.02. The molecule has 0 aliphatic carbocycles. The summed E-state index contributed by atoms with van der Waals surface area (Å²) in [4.78, 5) is 21.2. The third kappa shape index (κ3) is 4.99. The van der Waals surface area contributed by atoms with E-state index in [1.54, 1.807) is 12.4 Å². The van der Waals surface area contributed by atoms with E-state index in [9.17, 15) is 9.18 Å². The SMILES string of the molecule is N#CCNC(=O)c1ccc(F)c(NCc2cnc(Nc3ccccn3)s2)c1.[HH].[HH].[HH]. The van der Waals surface area contributed by atoms with E-state index >= 15 is 0 Å². The van der Waals surface area contributed by atoms with E-state index in [2.05, 4.69) is 25.9 Å². The van der Waals surface area contributed by atoms with Crippen molar-refractivity contribution in [2.24, 2.45) is 0 Å². The van der Waals surface area contributed by atoms with Gasteiger partial charge in [-0.1, -0.05) is 17.4 Å². The minimum Gasteiger partial charge on any atom is -0.378 e. The molecule has 1 amide bonds. The van der Waals surface area contributed by atoms with E-state index < -0.39 is 11.7 Å². The highest BCUT2D eigenvalue weighted by Crippen LogP contribution is 2.23. The number of aromatic nitrogens is 2. The van der Waals surface area contributed by atoms with E-state index in [0.717, 1.165) is 4.88 Å². The highest BCUT2D eigenvalue weighted by Gasteiger charge is 2.10. The third-order valence-electron chi connectivity index (χ3n) is 3.46. The molecule has 0 bridgehead atoms. The molecule has 0 fully saturated rings.